The van der Waals surface area contributed by atoms with E-state index in [-0.39, 0.29) is 6.04 Å². The van der Waals surface area contributed by atoms with Crippen LogP contribution in [0.15, 0.2) is 57.7 Å². The van der Waals surface area contributed by atoms with Crippen molar-refractivity contribution in [1.82, 2.24) is 15.0 Å². The van der Waals surface area contributed by atoms with Gasteiger partial charge in [0.05, 0.1) is 12.8 Å². The standard InChI is InChI=1S/C16H17N3O2/c1-12(13-7-4-3-5-8-13)19(2)11-15-17-16(18-21-15)14-9-6-10-20-14/h3-10,12H,11H2,1-2H3/t12-/m0/s1. The van der Waals surface area contributed by atoms with E-state index >= 15 is 0 Å². The molecular weight excluding hydrogens is 266 g/mol. The Labute approximate surface area is 123 Å². The Morgan fingerprint density at radius 3 is 2.67 bits per heavy atom. The van der Waals surface area contributed by atoms with Gasteiger partial charge < -0.3 is 8.94 Å². The fraction of sp³-hybridized carbons (Fsp3) is 0.250. The highest BCUT2D eigenvalue weighted by Crippen LogP contribution is 2.21. The molecule has 21 heavy (non-hydrogen) atoms. The van der Waals surface area contributed by atoms with Crippen LogP contribution in [0, 0.1) is 0 Å². The van der Waals surface area contributed by atoms with Crippen molar-refractivity contribution in [2.45, 2.75) is 19.5 Å². The lowest BCUT2D eigenvalue weighted by Crippen LogP contribution is -2.22. The van der Waals surface area contributed by atoms with E-state index in [0.29, 0.717) is 24.0 Å². The fourth-order valence-corrected chi connectivity index (χ4v) is 2.16. The second kappa shape index (κ2) is 5.93. The molecule has 0 spiro atoms. The average molecular weight is 283 g/mol. The average Bonchev–Trinajstić information content (AvgIpc) is 3.18. The summed E-state index contributed by atoms with van der Waals surface area (Å²) in [5.41, 5.74) is 1.26. The molecule has 0 aliphatic rings. The van der Waals surface area contributed by atoms with Crippen molar-refractivity contribution >= 4 is 0 Å². The van der Waals surface area contributed by atoms with Crippen LogP contribution < -0.4 is 0 Å². The third-order valence-electron chi connectivity index (χ3n) is 3.54. The molecule has 0 fully saturated rings. The summed E-state index contributed by atoms with van der Waals surface area (Å²) in [6.07, 6.45) is 1.59. The Morgan fingerprint density at radius 2 is 1.95 bits per heavy atom. The topological polar surface area (TPSA) is 55.3 Å². The van der Waals surface area contributed by atoms with E-state index in [0.717, 1.165) is 0 Å². The molecule has 0 bridgehead atoms. The number of rotatable bonds is 5. The highest BCUT2D eigenvalue weighted by molar-refractivity contribution is 5.44. The summed E-state index contributed by atoms with van der Waals surface area (Å²) in [5.74, 6) is 1.67. The van der Waals surface area contributed by atoms with Crippen LogP contribution in [0.4, 0.5) is 0 Å². The van der Waals surface area contributed by atoms with Crippen molar-refractivity contribution < 1.29 is 8.94 Å². The van der Waals surface area contributed by atoms with Gasteiger partial charge in [-0.2, -0.15) is 4.98 Å². The number of benzene rings is 1. The van der Waals surface area contributed by atoms with Gasteiger partial charge in [0.2, 0.25) is 11.7 Å². The molecule has 0 saturated heterocycles. The third kappa shape index (κ3) is 3.03. The zero-order chi connectivity index (χ0) is 14.7. The molecule has 2 heterocycles. The first-order valence-electron chi connectivity index (χ1n) is 6.85. The lowest BCUT2D eigenvalue weighted by atomic mass is 10.1. The molecule has 108 valence electrons. The number of furan rings is 1. The molecule has 0 unspecified atom stereocenters. The van der Waals surface area contributed by atoms with Gasteiger partial charge in [0.25, 0.3) is 0 Å². The Kier molecular flexibility index (Phi) is 3.83. The first-order valence-corrected chi connectivity index (χ1v) is 6.85. The lowest BCUT2D eigenvalue weighted by molar-refractivity contribution is 0.216. The maximum atomic E-state index is 5.28. The van der Waals surface area contributed by atoms with E-state index in [9.17, 15) is 0 Å². The quantitative estimate of drug-likeness (QED) is 0.717. The molecule has 0 N–H and O–H groups in total. The van der Waals surface area contributed by atoms with Crippen LogP contribution in [0.2, 0.25) is 0 Å². The lowest BCUT2D eigenvalue weighted by Gasteiger charge is -2.23. The minimum Gasteiger partial charge on any atom is -0.461 e. The van der Waals surface area contributed by atoms with Gasteiger partial charge in [-0.1, -0.05) is 35.5 Å². The molecule has 0 radical (unpaired) electrons. The van der Waals surface area contributed by atoms with Crippen LogP contribution in [-0.4, -0.2) is 22.1 Å². The maximum Gasteiger partial charge on any atom is 0.241 e. The first kappa shape index (κ1) is 13.6. The van der Waals surface area contributed by atoms with Crippen LogP contribution in [0.1, 0.15) is 24.4 Å². The molecule has 0 aliphatic carbocycles. The minimum absolute atomic E-state index is 0.269. The minimum atomic E-state index is 0.269. The van der Waals surface area contributed by atoms with Gasteiger partial charge in [0.15, 0.2) is 5.76 Å². The van der Waals surface area contributed by atoms with Crippen molar-refractivity contribution in [3.8, 4) is 11.6 Å². The summed E-state index contributed by atoms with van der Waals surface area (Å²) in [4.78, 5) is 6.52. The second-order valence-electron chi connectivity index (χ2n) is 4.99. The summed E-state index contributed by atoms with van der Waals surface area (Å²) in [7, 11) is 2.04. The monoisotopic (exact) mass is 283 g/mol. The highest BCUT2D eigenvalue weighted by Gasteiger charge is 2.16. The Morgan fingerprint density at radius 1 is 1.14 bits per heavy atom. The third-order valence-corrected chi connectivity index (χ3v) is 3.54. The normalized spacial score (nSPS) is 12.7. The predicted molar refractivity (Wildman–Crippen MR) is 78.3 cm³/mol. The van der Waals surface area contributed by atoms with Gasteiger partial charge in [-0.15, -0.1) is 0 Å². The van der Waals surface area contributed by atoms with Crippen LogP contribution in [-0.2, 0) is 6.54 Å². The molecule has 0 amide bonds. The molecule has 5 nitrogen and oxygen atoms in total. The summed E-state index contributed by atoms with van der Waals surface area (Å²) in [6, 6.07) is 14.2. The number of hydrogen-bond acceptors (Lipinski definition) is 5. The zero-order valence-corrected chi connectivity index (χ0v) is 12.1. The van der Waals surface area contributed by atoms with Crippen LogP contribution in [0.25, 0.3) is 11.6 Å². The second-order valence-corrected chi connectivity index (χ2v) is 4.99. The van der Waals surface area contributed by atoms with E-state index in [4.69, 9.17) is 8.94 Å². The van der Waals surface area contributed by atoms with Crippen molar-refractivity contribution in [3.63, 3.8) is 0 Å². The van der Waals surface area contributed by atoms with Crippen LogP contribution in [0.5, 0.6) is 0 Å². The molecule has 3 aromatic rings. The van der Waals surface area contributed by atoms with E-state index in [2.05, 4.69) is 34.1 Å². The number of nitrogens with zero attached hydrogens (tertiary/aromatic N) is 3. The summed E-state index contributed by atoms with van der Waals surface area (Å²) < 4.78 is 10.5. The number of aromatic nitrogens is 2. The molecule has 0 saturated carbocycles. The van der Waals surface area contributed by atoms with Gasteiger partial charge in [-0.05, 0) is 31.7 Å². The summed E-state index contributed by atoms with van der Waals surface area (Å²) >= 11 is 0. The van der Waals surface area contributed by atoms with Gasteiger partial charge >= 0.3 is 0 Å². The molecular formula is C16H17N3O2. The molecule has 1 atom stereocenters. The molecule has 0 aliphatic heterocycles. The summed E-state index contributed by atoms with van der Waals surface area (Å²) in [5, 5.41) is 3.94. The van der Waals surface area contributed by atoms with E-state index in [1.165, 1.54) is 5.56 Å². The summed E-state index contributed by atoms with van der Waals surface area (Å²) in [6.45, 7) is 2.74. The van der Waals surface area contributed by atoms with Crippen molar-refractivity contribution in [2.24, 2.45) is 0 Å². The Bertz CT molecular complexity index is 677. The zero-order valence-electron chi connectivity index (χ0n) is 12.1. The Balaban J connectivity index is 1.69. The highest BCUT2D eigenvalue weighted by atomic mass is 16.5. The van der Waals surface area contributed by atoms with E-state index in [1.807, 2.05) is 31.3 Å². The molecule has 3 rings (SSSR count). The van der Waals surface area contributed by atoms with Gasteiger partial charge in [-0.3, -0.25) is 4.90 Å². The fourth-order valence-electron chi connectivity index (χ4n) is 2.16. The molecule has 1 aromatic carbocycles. The Hall–Kier alpha value is -2.40. The molecule has 2 aromatic heterocycles. The van der Waals surface area contributed by atoms with Crippen LogP contribution in [0.3, 0.4) is 0 Å². The van der Waals surface area contributed by atoms with E-state index in [1.54, 1.807) is 12.3 Å². The van der Waals surface area contributed by atoms with Gasteiger partial charge in [0, 0.05) is 6.04 Å². The van der Waals surface area contributed by atoms with Crippen molar-refractivity contribution in [2.75, 3.05) is 7.05 Å². The van der Waals surface area contributed by atoms with E-state index < -0.39 is 0 Å². The van der Waals surface area contributed by atoms with Crippen molar-refractivity contribution in [1.29, 1.82) is 0 Å². The maximum absolute atomic E-state index is 5.28. The van der Waals surface area contributed by atoms with Gasteiger partial charge in [0.1, 0.15) is 0 Å². The largest absolute Gasteiger partial charge is 0.461 e. The predicted octanol–water partition coefficient (Wildman–Crippen LogP) is 3.52. The molecule has 5 heteroatoms. The van der Waals surface area contributed by atoms with Gasteiger partial charge in [-0.25, -0.2) is 0 Å². The van der Waals surface area contributed by atoms with Crippen molar-refractivity contribution in [3.05, 3.63) is 60.2 Å². The van der Waals surface area contributed by atoms with Crippen LogP contribution >= 0.6 is 0 Å². The SMILES string of the molecule is C[C@@H](c1ccccc1)N(C)Cc1nc(-c2ccco2)no1. The first-order chi connectivity index (χ1) is 10.2. The number of hydrogen-bond donors (Lipinski definition) is 0. The smallest absolute Gasteiger partial charge is 0.241 e.